The van der Waals surface area contributed by atoms with Gasteiger partial charge in [-0.25, -0.2) is 4.79 Å². The molecule has 4 rings (SSSR count). The second kappa shape index (κ2) is 8.70. The molecule has 3 heterocycles. The predicted octanol–water partition coefficient (Wildman–Crippen LogP) is 2.34. The van der Waals surface area contributed by atoms with Crippen molar-refractivity contribution >= 4 is 5.91 Å². The molecule has 2 aliphatic heterocycles. The normalized spacial score (nSPS) is 21.6. The summed E-state index contributed by atoms with van der Waals surface area (Å²) in [6.45, 7) is 8.74. The van der Waals surface area contributed by atoms with Crippen LogP contribution in [-0.4, -0.2) is 51.0 Å². The second-order valence-corrected chi connectivity index (χ2v) is 9.96. The fraction of sp³-hybridized carbons (Fsp3) is 0.560. The molecule has 0 N–H and O–H groups in total. The van der Waals surface area contributed by atoms with E-state index < -0.39 is 11.2 Å². The Hall–Kier alpha value is -2.67. The topological polar surface area (TPSA) is 67.6 Å². The molecule has 7 heteroatoms. The fourth-order valence-corrected chi connectivity index (χ4v) is 5.25. The van der Waals surface area contributed by atoms with Crippen molar-refractivity contribution in [2.75, 3.05) is 26.2 Å². The van der Waals surface area contributed by atoms with E-state index in [0.29, 0.717) is 19.0 Å². The summed E-state index contributed by atoms with van der Waals surface area (Å²) < 4.78 is 2.30. The van der Waals surface area contributed by atoms with E-state index in [1.165, 1.54) is 28.8 Å². The standard InChI is InChI=1S/C25H34N4O3/c1-18(2)20-8-6-19(7-9-20)15-28-12-5-10-25(16-28)11-13-29(17-25)23(31)21-14-22(30)27(4)24(32)26(21)3/h6-9,14,18H,5,10-13,15-17H2,1-4H3/t25-/m1/s1. The third-order valence-electron chi connectivity index (χ3n) is 7.26. The van der Waals surface area contributed by atoms with Gasteiger partial charge in [0, 0.05) is 51.8 Å². The first kappa shape index (κ1) is 22.5. The first-order valence-electron chi connectivity index (χ1n) is 11.6. The Balaban J connectivity index is 1.45. The number of hydrogen-bond acceptors (Lipinski definition) is 4. The smallest absolute Gasteiger partial charge is 0.331 e. The molecule has 2 aliphatic rings. The molecule has 2 saturated heterocycles. The lowest BCUT2D eigenvalue weighted by atomic mass is 9.79. The summed E-state index contributed by atoms with van der Waals surface area (Å²) in [5.74, 6) is 0.314. The molecule has 1 aromatic heterocycles. The number of nitrogens with zero attached hydrogens (tertiary/aromatic N) is 4. The molecule has 32 heavy (non-hydrogen) atoms. The van der Waals surface area contributed by atoms with E-state index in [1.807, 2.05) is 4.90 Å². The first-order chi connectivity index (χ1) is 15.2. The molecule has 7 nitrogen and oxygen atoms in total. The maximum atomic E-state index is 13.2. The van der Waals surface area contributed by atoms with Crippen molar-refractivity contribution in [2.24, 2.45) is 19.5 Å². The zero-order valence-corrected chi connectivity index (χ0v) is 19.6. The molecule has 1 spiro atoms. The SMILES string of the molecule is CC(C)c1ccc(CN2CCC[C@@]3(CCN(C(=O)c4cc(=O)n(C)c(=O)n4C)C3)C2)cc1. The third-order valence-corrected chi connectivity index (χ3v) is 7.26. The van der Waals surface area contributed by atoms with Crippen molar-refractivity contribution in [3.05, 3.63) is 68.0 Å². The van der Waals surface area contributed by atoms with Gasteiger partial charge in [0.25, 0.3) is 11.5 Å². The van der Waals surface area contributed by atoms with E-state index >= 15 is 0 Å². The highest BCUT2D eigenvalue weighted by atomic mass is 16.2. The van der Waals surface area contributed by atoms with E-state index in [2.05, 4.69) is 43.0 Å². The van der Waals surface area contributed by atoms with Crippen LogP contribution in [0.5, 0.6) is 0 Å². The number of benzene rings is 1. The van der Waals surface area contributed by atoms with E-state index in [-0.39, 0.29) is 17.0 Å². The van der Waals surface area contributed by atoms with Crippen LogP contribution in [0.25, 0.3) is 0 Å². The number of rotatable bonds is 4. The summed E-state index contributed by atoms with van der Waals surface area (Å²) in [5, 5.41) is 0. The van der Waals surface area contributed by atoms with Gasteiger partial charge in [-0.15, -0.1) is 0 Å². The van der Waals surface area contributed by atoms with Gasteiger partial charge in [-0.3, -0.25) is 23.6 Å². The monoisotopic (exact) mass is 438 g/mol. The van der Waals surface area contributed by atoms with Crippen LogP contribution >= 0.6 is 0 Å². The van der Waals surface area contributed by atoms with Crippen LogP contribution in [0.15, 0.2) is 39.9 Å². The highest BCUT2D eigenvalue weighted by molar-refractivity contribution is 5.92. The zero-order valence-electron chi connectivity index (χ0n) is 19.6. The van der Waals surface area contributed by atoms with Crippen molar-refractivity contribution in [3.8, 4) is 0 Å². The quantitative estimate of drug-likeness (QED) is 0.735. The fourth-order valence-electron chi connectivity index (χ4n) is 5.25. The van der Waals surface area contributed by atoms with E-state index in [0.717, 1.165) is 43.5 Å². The van der Waals surface area contributed by atoms with E-state index in [9.17, 15) is 14.4 Å². The minimum Gasteiger partial charge on any atom is -0.337 e. The van der Waals surface area contributed by atoms with E-state index in [1.54, 1.807) is 7.05 Å². The van der Waals surface area contributed by atoms with Gasteiger partial charge in [0.15, 0.2) is 0 Å². The largest absolute Gasteiger partial charge is 0.337 e. The Kier molecular flexibility index (Phi) is 6.12. The van der Waals surface area contributed by atoms with Gasteiger partial charge in [0.05, 0.1) is 0 Å². The molecule has 1 amide bonds. The maximum absolute atomic E-state index is 13.2. The molecular formula is C25H34N4O3. The summed E-state index contributed by atoms with van der Waals surface area (Å²) >= 11 is 0. The summed E-state index contributed by atoms with van der Waals surface area (Å²) in [6.07, 6.45) is 3.19. The number of aromatic nitrogens is 2. The lowest BCUT2D eigenvalue weighted by Gasteiger charge is -2.40. The minimum atomic E-state index is -0.470. The summed E-state index contributed by atoms with van der Waals surface area (Å²) in [6, 6.07) is 10.2. The molecule has 0 radical (unpaired) electrons. The van der Waals surface area contributed by atoms with Crippen LogP contribution < -0.4 is 11.2 Å². The van der Waals surface area contributed by atoms with Crippen LogP contribution in [0.3, 0.4) is 0 Å². The van der Waals surface area contributed by atoms with Crippen molar-refractivity contribution in [1.82, 2.24) is 18.9 Å². The van der Waals surface area contributed by atoms with Gasteiger partial charge >= 0.3 is 5.69 Å². The number of likely N-dealkylation sites (tertiary alicyclic amines) is 2. The molecule has 0 bridgehead atoms. The molecule has 0 aliphatic carbocycles. The van der Waals surface area contributed by atoms with Crippen molar-refractivity contribution < 1.29 is 4.79 Å². The van der Waals surface area contributed by atoms with Crippen LogP contribution in [-0.2, 0) is 20.6 Å². The first-order valence-corrected chi connectivity index (χ1v) is 11.6. The van der Waals surface area contributed by atoms with Crippen molar-refractivity contribution in [2.45, 2.75) is 45.6 Å². The molecule has 1 aromatic carbocycles. The number of amides is 1. The van der Waals surface area contributed by atoms with E-state index in [4.69, 9.17) is 0 Å². The molecular weight excluding hydrogens is 404 g/mol. The van der Waals surface area contributed by atoms with Crippen LogP contribution in [0, 0.1) is 5.41 Å². The van der Waals surface area contributed by atoms with Gasteiger partial charge < -0.3 is 4.90 Å². The Labute approximate surface area is 189 Å². The van der Waals surface area contributed by atoms with Crippen LogP contribution in [0.2, 0.25) is 0 Å². The van der Waals surface area contributed by atoms with Crippen molar-refractivity contribution in [1.29, 1.82) is 0 Å². The molecule has 2 fully saturated rings. The molecule has 172 valence electrons. The van der Waals surface area contributed by atoms with Crippen LogP contribution in [0.1, 0.15) is 60.6 Å². The average molecular weight is 439 g/mol. The lowest BCUT2D eigenvalue weighted by Crippen LogP contribution is -2.46. The summed E-state index contributed by atoms with van der Waals surface area (Å²) in [5.41, 5.74) is 2.03. The van der Waals surface area contributed by atoms with Gasteiger partial charge in [-0.1, -0.05) is 38.1 Å². The van der Waals surface area contributed by atoms with Crippen molar-refractivity contribution in [3.63, 3.8) is 0 Å². The minimum absolute atomic E-state index is 0.0877. The highest BCUT2D eigenvalue weighted by Gasteiger charge is 2.43. The Bertz CT molecular complexity index is 1120. The lowest BCUT2D eigenvalue weighted by molar-refractivity contribution is 0.0666. The van der Waals surface area contributed by atoms with Crippen LogP contribution in [0.4, 0.5) is 0 Å². The second-order valence-electron chi connectivity index (χ2n) is 9.96. The molecule has 2 aromatic rings. The number of piperidine rings is 1. The van der Waals surface area contributed by atoms with Gasteiger partial charge in [-0.2, -0.15) is 0 Å². The Morgan fingerprint density at radius 3 is 2.41 bits per heavy atom. The summed E-state index contributed by atoms with van der Waals surface area (Å²) in [4.78, 5) is 41.8. The number of carbonyl (C=O) groups is 1. The highest BCUT2D eigenvalue weighted by Crippen LogP contribution is 2.39. The zero-order chi connectivity index (χ0) is 23.0. The maximum Gasteiger partial charge on any atom is 0.331 e. The molecule has 0 unspecified atom stereocenters. The molecule has 0 saturated carbocycles. The Morgan fingerprint density at radius 1 is 1.00 bits per heavy atom. The third kappa shape index (κ3) is 4.31. The van der Waals surface area contributed by atoms with Gasteiger partial charge in [0.1, 0.15) is 5.69 Å². The Morgan fingerprint density at radius 2 is 1.72 bits per heavy atom. The average Bonchev–Trinajstić information content (AvgIpc) is 3.17. The summed E-state index contributed by atoms with van der Waals surface area (Å²) in [7, 11) is 2.98. The predicted molar refractivity (Wildman–Crippen MR) is 125 cm³/mol. The number of carbonyl (C=O) groups excluding carboxylic acids is 1. The number of hydrogen-bond donors (Lipinski definition) is 0. The van der Waals surface area contributed by atoms with Gasteiger partial charge in [0.2, 0.25) is 0 Å². The molecule has 1 atom stereocenters. The van der Waals surface area contributed by atoms with Gasteiger partial charge in [-0.05, 0) is 42.9 Å².